The third-order valence-corrected chi connectivity index (χ3v) is 3.93. The maximum atomic E-state index is 11.4. The van der Waals surface area contributed by atoms with E-state index in [0.29, 0.717) is 13.0 Å². The fourth-order valence-corrected chi connectivity index (χ4v) is 2.64. The summed E-state index contributed by atoms with van der Waals surface area (Å²) in [4.78, 5) is 11.4. The molecule has 18 heavy (non-hydrogen) atoms. The minimum atomic E-state index is 0.00939. The summed E-state index contributed by atoms with van der Waals surface area (Å²) in [6.07, 6.45) is 14.5. The van der Waals surface area contributed by atoms with Crippen molar-refractivity contribution in [3.8, 4) is 0 Å². The van der Waals surface area contributed by atoms with Crippen molar-refractivity contribution in [3.63, 3.8) is 0 Å². The summed E-state index contributed by atoms with van der Waals surface area (Å²) in [6.45, 7) is 3.01. The van der Waals surface area contributed by atoms with Gasteiger partial charge in [-0.05, 0) is 18.8 Å². The first-order chi connectivity index (χ1) is 8.79. The van der Waals surface area contributed by atoms with Crippen LogP contribution < -0.4 is 0 Å². The maximum Gasteiger partial charge on any atom is 0.305 e. The van der Waals surface area contributed by atoms with Gasteiger partial charge in [-0.15, -0.1) is 0 Å². The van der Waals surface area contributed by atoms with Gasteiger partial charge in [0.15, 0.2) is 0 Å². The molecule has 1 aliphatic rings. The lowest BCUT2D eigenvalue weighted by molar-refractivity contribution is -0.143. The standard InChI is InChI=1S/C16H30O2/c1-15-11-7-4-2-3-5-10-14-18-16(17)13-9-6-8-12-15/h15H,2-14H2,1H3/t15-/m1/s1. The van der Waals surface area contributed by atoms with Gasteiger partial charge in [-0.25, -0.2) is 0 Å². The average Bonchev–Trinajstić information content (AvgIpc) is 2.35. The zero-order valence-corrected chi connectivity index (χ0v) is 12.1. The van der Waals surface area contributed by atoms with Crippen molar-refractivity contribution in [2.75, 3.05) is 6.61 Å². The molecule has 0 saturated carbocycles. The number of hydrogen-bond donors (Lipinski definition) is 0. The molecule has 0 unspecified atom stereocenters. The van der Waals surface area contributed by atoms with Crippen LogP contribution in [-0.2, 0) is 9.53 Å². The van der Waals surface area contributed by atoms with Gasteiger partial charge in [-0.2, -0.15) is 0 Å². The molecule has 1 atom stereocenters. The lowest BCUT2D eigenvalue weighted by atomic mass is 9.96. The van der Waals surface area contributed by atoms with E-state index in [1.165, 1.54) is 57.8 Å². The lowest BCUT2D eigenvalue weighted by Gasteiger charge is -2.11. The van der Waals surface area contributed by atoms with Gasteiger partial charge in [0.05, 0.1) is 6.61 Å². The van der Waals surface area contributed by atoms with Gasteiger partial charge in [0.2, 0.25) is 0 Å². The van der Waals surface area contributed by atoms with Gasteiger partial charge in [-0.1, -0.05) is 64.7 Å². The second-order valence-corrected chi connectivity index (χ2v) is 5.83. The molecule has 0 aromatic rings. The fourth-order valence-electron chi connectivity index (χ4n) is 2.64. The number of cyclic esters (lactones) is 1. The van der Waals surface area contributed by atoms with E-state index in [-0.39, 0.29) is 5.97 Å². The molecule has 0 radical (unpaired) electrons. The minimum Gasteiger partial charge on any atom is -0.466 e. The summed E-state index contributed by atoms with van der Waals surface area (Å²) in [5.41, 5.74) is 0. The summed E-state index contributed by atoms with van der Waals surface area (Å²) in [7, 11) is 0. The first-order valence-corrected chi connectivity index (χ1v) is 7.94. The summed E-state index contributed by atoms with van der Waals surface area (Å²) < 4.78 is 5.22. The Labute approximate surface area is 112 Å². The van der Waals surface area contributed by atoms with Gasteiger partial charge in [0.25, 0.3) is 0 Å². The Hall–Kier alpha value is -0.530. The number of hydrogen-bond acceptors (Lipinski definition) is 2. The van der Waals surface area contributed by atoms with Crippen molar-refractivity contribution in [3.05, 3.63) is 0 Å². The zero-order valence-electron chi connectivity index (χ0n) is 12.1. The maximum absolute atomic E-state index is 11.4. The molecule has 1 fully saturated rings. The second-order valence-electron chi connectivity index (χ2n) is 5.83. The molecule has 2 nitrogen and oxygen atoms in total. The molecular formula is C16H30O2. The highest BCUT2D eigenvalue weighted by Gasteiger charge is 2.05. The lowest BCUT2D eigenvalue weighted by Crippen LogP contribution is -2.06. The van der Waals surface area contributed by atoms with Crippen LogP contribution in [0.25, 0.3) is 0 Å². The van der Waals surface area contributed by atoms with E-state index in [4.69, 9.17) is 4.74 Å². The van der Waals surface area contributed by atoms with Crippen molar-refractivity contribution < 1.29 is 9.53 Å². The largest absolute Gasteiger partial charge is 0.466 e. The van der Waals surface area contributed by atoms with E-state index in [2.05, 4.69) is 6.92 Å². The van der Waals surface area contributed by atoms with Crippen LogP contribution in [-0.4, -0.2) is 12.6 Å². The molecule has 0 spiro atoms. The van der Waals surface area contributed by atoms with E-state index in [1.807, 2.05) is 0 Å². The van der Waals surface area contributed by atoms with Crippen LogP contribution in [0.2, 0.25) is 0 Å². The van der Waals surface area contributed by atoms with Crippen LogP contribution in [0.3, 0.4) is 0 Å². The van der Waals surface area contributed by atoms with Crippen molar-refractivity contribution >= 4 is 5.97 Å². The molecule has 1 rings (SSSR count). The summed E-state index contributed by atoms with van der Waals surface area (Å²) in [5.74, 6) is 0.875. The SMILES string of the molecule is C[C@@H]1CCCCCCCCOC(=O)CCCCC1. The Morgan fingerprint density at radius 3 is 2.11 bits per heavy atom. The highest BCUT2D eigenvalue weighted by Crippen LogP contribution is 2.18. The third kappa shape index (κ3) is 8.54. The Kier molecular flexibility index (Phi) is 8.97. The van der Waals surface area contributed by atoms with E-state index in [0.717, 1.165) is 18.8 Å². The molecule has 0 bridgehead atoms. The highest BCUT2D eigenvalue weighted by molar-refractivity contribution is 5.69. The Balaban J connectivity index is 2.19. The molecule has 1 heterocycles. The summed E-state index contributed by atoms with van der Waals surface area (Å²) >= 11 is 0. The highest BCUT2D eigenvalue weighted by atomic mass is 16.5. The molecule has 1 saturated heterocycles. The van der Waals surface area contributed by atoms with E-state index < -0.39 is 0 Å². The third-order valence-electron chi connectivity index (χ3n) is 3.93. The Bertz CT molecular complexity index is 213. The average molecular weight is 254 g/mol. The molecule has 2 heteroatoms. The van der Waals surface area contributed by atoms with E-state index >= 15 is 0 Å². The van der Waals surface area contributed by atoms with Crippen LogP contribution in [0, 0.1) is 5.92 Å². The molecule has 0 N–H and O–H groups in total. The van der Waals surface area contributed by atoms with Crippen LogP contribution in [0.1, 0.15) is 84.0 Å². The quantitative estimate of drug-likeness (QED) is 0.577. The van der Waals surface area contributed by atoms with Gasteiger partial charge in [0.1, 0.15) is 0 Å². The minimum absolute atomic E-state index is 0.00939. The molecule has 0 aromatic carbocycles. The Morgan fingerprint density at radius 1 is 0.833 bits per heavy atom. The van der Waals surface area contributed by atoms with Crippen molar-refractivity contribution in [2.45, 2.75) is 84.0 Å². The second kappa shape index (κ2) is 10.4. The molecule has 106 valence electrons. The van der Waals surface area contributed by atoms with Crippen molar-refractivity contribution in [2.24, 2.45) is 5.92 Å². The van der Waals surface area contributed by atoms with Gasteiger partial charge >= 0.3 is 5.97 Å². The predicted octanol–water partition coefficient (Wildman–Crippen LogP) is 4.86. The van der Waals surface area contributed by atoms with Gasteiger partial charge in [0, 0.05) is 6.42 Å². The molecule has 0 aliphatic carbocycles. The van der Waals surface area contributed by atoms with Crippen LogP contribution in [0.15, 0.2) is 0 Å². The van der Waals surface area contributed by atoms with Crippen molar-refractivity contribution in [1.82, 2.24) is 0 Å². The number of carbonyl (C=O) groups is 1. The molecular weight excluding hydrogens is 224 g/mol. The fraction of sp³-hybridized carbons (Fsp3) is 0.938. The molecule has 1 aliphatic heterocycles. The van der Waals surface area contributed by atoms with E-state index in [1.54, 1.807) is 0 Å². The normalized spacial score (nSPS) is 26.5. The van der Waals surface area contributed by atoms with E-state index in [9.17, 15) is 4.79 Å². The van der Waals surface area contributed by atoms with Crippen LogP contribution in [0.5, 0.6) is 0 Å². The number of rotatable bonds is 0. The molecule has 0 amide bonds. The summed E-state index contributed by atoms with van der Waals surface area (Å²) in [5, 5.41) is 0. The number of ether oxygens (including phenoxy) is 1. The van der Waals surface area contributed by atoms with Gasteiger partial charge < -0.3 is 4.74 Å². The topological polar surface area (TPSA) is 26.3 Å². The smallest absolute Gasteiger partial charge is 0.305 e. The monoisotopic (exact) mass is 254 g/mol. The first kappa shape index (κ1) is 15.5. The Morgan fingerprint density at radius 2 is 1.39 bits per heavy atom. The summed E-state index contributed by atoms with van der Waals surface area (Å²) in [6, 6.07) is 0. The van der Waals surface area contributed by atoms with Gasteiger partial charge in [-0.3, -0.25) is 4.79 Å². The van der Waals surface area contributed by atoms with Crippen LogP contribution in [0.4, 0.5) is 0 Å². The molecule has 0 aromatic heterocycles. The number of carbonyl (C=O) groups excluding carboxylic acids is 1. The van der Waals surface area contributed by atoms with Crippen LogP contribution >= 0.6 is 0 Å². The number of esters is 1. The van der Waals surface area contributed by atoms with Crippen molar-refractivity contribution in [1.29, 1.82) is 0 Å². The zero-order chi connectivity index (χ0) is 13.1. The first-order valence-electron chi connectivity index (χ1n) is 7.94. The predicted molar refractivity (Wildman–Crippen MR) is 75.5 cm³/mol.